The van der Waals surface area contributed by atoms with Gasteiger partial charge in [0.1, 0.15) is 0 Å². The predicted molar refractivity (Wildman–Crippen MR) is 70.5 cm³/mol. The van der Waals surface area contributed by atoms with Crippen LogP contribution in [0.15, 0.2) is 0 Å². The second-order valence-electron chi connectivity index (χ2n) is 1.25. The van der Waals surface area contributed by atoms with Crippen molar-refractivity contribution in [2.45, 2.75) is 0 Å². The number of hydrogen-bond acceptors (Lipinski definition) is 5. The molecule has 0 amide bonds. The molecule has 0 spiro atoms. The largest absolute Gasteiger partial charge is 0.281 e. The van der Waals surface area contributed by atoms with E-state index in [9.17, 15) is 0 Å². The van der Waals surface area contributed by atoms with Gasteiger partial charge in [-0.25, -0.2) is 0 Å². The third-order valence-electron chi connectivity index (χ3n) is 0.617. The first-order valence-electron chi connectivity index (χ1n) is 3.17. The maximum absolute atomic E-state index is 7.50. The van der Waals surface area contributed by atoms with E-state index in [2.05, 4.69) is 46.0 Å². The quantitative estimate of drug-likeness (QED) is 0.435. The molecular formula is C9H10BrO3ReS2. The van der Waals surface area contributed by atoms with Gasteiger partial charge < -0.3 is 0 Å². The van der Waals surface area contributed by atoms with Crippen molar-refractivity contribution < 1.29 is 31.6 Å². The topological polar surface area (TPSA) is 51.2 Å². The third-order valence-corrected chi connectivity index (χ3v) is 2.35. The van der Waals surface area contributed by atoms with Crippen LogP contribution in [0, 0.1) is 12.3 Å². The number of terminal acetylenes is 1. The van der Waals surface area contributed by atoms with Crippen LogP contribution >= 0.6 is 37.0 Å². The minimum atomic E-state index is 0.862. The minimum Gasteiger partial charge on any atom is -0.281 e. The van der Waals surface area contributed by atoms with Crippen LogP contribution in [0.5, 0.6) is 0 Å². The Morgan fingerprint density at radius 3 is 1.75 bits per heavy atom. The molecule has 0 aromatic rings. The van der Waals surface area contributed by atoms with Crippen molar-refractivity contribution >= 4 is 57.3 Å². The zero-order valence-electron chi connectivity index (χ0n) is 8.50. The first-order chi connectivity index (χ1) is 7.91. The van der Waals surface area contributed by atoms with Crippen LogP contribution < -0.4 is 0 Å². The summed E-state index contributed by atoms with van der Waals surface area (Å²) in [6.45, 7) is 13.5. The van der Waals surface area contributed by atoms with Crippen LogP contribution in [0.3, 0.4) is 0 Å². The van der Waals surface area contributed by atoms with Gasteiger partial charge in [0.05, 0.1) is 5.75 Å². The molecule has 16 heavy (non-hydrogen) atoms. The van der Waals surface area contributed by atoms with Crippen molar-refractivity contribution in [3.8, 4) is 12.3 Å². The van der Waals surface area contributed by atoms with E-state index in [0.29, 0.717) is 0 Å². The Balaban J connectivity index is -0.0000000426. The summed E-state index contributed by atoms with van der Waals surface area (Å²) >= 11 is 8.21. The number of rotatable bonds is 4. The molecule has 0 saturated carbocycles. The Hall–Kier alpha value is 0.412. The third kappa shape index (κ3) is 88.5. The van der Waals surface area contributed by atoms with Crippen LogP contribution in [-0.2, 0) is 31.6 Å². The van der Waals surface area contributed by atoms with Gasteiger partial charge in [-0.2, -0.15) is 11.8 Å². The number of carbonyl (C=O) groups excluding carboxylic acids is 3. The van der Waals surface area contributed by atoms with E-state index in [4.69, 9.17) is 20.8 Å². The van der Waals surface area contributed by atoms with Gasteiger partial charge in [-0.1, -0.05) is 5.92 Å². The average Bonchev–Trinajstić information content (AvgIpc) is 2.44. The average molecular weight is 496 g/mol. The molecule has 6 radical (unpaired) electrons. The Kier molecular flexibility index (Phi) is 146. The summed E-state index contributed by atoms with van der Waals surface area (Å²) in [6, 6.07) is 0. The van der Waals surface area contributed by atoms with Gasteiger partial charge >= 0.3 is 30.6 Å². The first-order valence-corrected chi connectivity index (χ1v) is 11.7. The first kappa shape index (κ1) is 29.9. The van der Waals surface area contributed by atoms with Gasteiger partial charge in [0.2, 0.25) is 0 Å². The van der Waals surface area contributed by atoms with Crippen molar-refractivity contribution in [3.63, 3.8) is 0 Å². The molecular weight excluding hydrogens is 486 g/mol. The fourth-order valence-corrected chi connectivity index (χ4v) is 1.67. The van der Waals surface area contributed by atoms with Crippen LogP contribution in [0.4, 0.5) is 0 Å². The zero-order valence-corrected chi connectivity index (χ0v) is 14.4. The Morgan fingerprint density at radius 1 is 1.12 bits per heavy atom. The Bertz CT molecular complexity index is 121. The molecule has 3 nitrogen and oxygen atoms in total. The molecule has 0 aliphatic heterocycles. The summed E-state index contributed by atoms with van der Waals surface area (Å²) in [5.41, 5.74) is 0. The van der Waals surface area contributed by atoms with Crippen LogP contribution in [0.1, 0.15) is 0 Å². The second-order valence-corrected chi connectivity index (χ2v) is 3.34. The van der Waals surface area contributed by atoms with Crippen LogP contribution in [-0.4, -0.2) is 43.9 Å². The van der Waals surface area contributed by atoms with E-state index >= 15 is 0 Å². The van der Waals surface area contributed by atoms with Crippen molar-refractivity contribution in [1.29, 1.82) is 0 Å². The summed E-state index contributed by atoms with van der Waals surface area (Å²) in [5.74, 6) is 5.84. The maximum atomic E-state index is 7.50. The Labute approximate surface area is 124 Å². The smallest absolute Gasteiger partial charge is 0.281 e. The normalized spacial score (nSPS) is 5.38. The predicted octanol–water partition coefficient (Wildman–Crippen LogP) is 1.37. The molecule has 7 heteroatoms. The number of thioether (sulfide) groups is 2. The molecule has 0 aromatic heterocycles. The van der Waals surface area contributed by atoms with E-state index < -0.39 is 0 Å². The molecule has 0 aliphatic rings. The van der Waals surface area contributed by atoms with Gasteiger partial charge in [-0.3, -0.25) is 14.4 Å². The molecule has 0 atom stereocenters. The SMILES string of the molecule is C#CCSCCSC.[Br][Re].[C]=O.[C]=O.[C]=O. The molecule has 0 unspecified atom stereocenters. The van der Waals surface area contributed by atoms with Crippen molar-refractivity contribution in [1.82, 2.24) is 0 Å². The summed E-state index contributed by atoms with van der Waals surface area (Å²) < 4.78 is 0. The molecule has 0 aromatic carbocycles. The van der Waals surface area contributed by atoms with Gasteiger partial charge in [0.15, 0.2) is 0 Å². The summed E-state index contributed by atoms with van der Waals surface area (Å²) in [6.07, 6.45) is 7.14. The van der Waals surface area contributed by atoms with Crippen LogP contribution in [0.25, 0.3) is 0 Å². The number of hydrogen-bond donors (Lipinski definition) is 0. The van der Waals surface area contributed by atoms with Crippen LogP contribution in [0.2, 0.25) is 0 Å². The molecule has 0 bridgehead atoms. The molecule has 0 saturated heterocycles. The van der Waals surface area contributed by atoms with Gasteiger partial charge in [0, 0.05) is 11.5 Å². The molecule has 0 rings (SSSR count). The van der Waals surface area contributed by atoms with Crippen molar-refractivity contribution in [3.05, 3.63) is 0 Å². The van der Waals surface area contributed by atoms with Gasteiger partial charge in [-0.15, -0.1) is 18.2 Å². The fourth-order valence-electron chi connectivity index (χ4n) is 0.273. The molecule has 0 N–H and O–H groups in total. The van der Waals surface area contributed by atoms with Gasteiger partial charge in [0.25, 0.3) is 20.4 Å². The fraction of sp³-hybridized carbons (Fsp3) is 0.444. The van der Waals surface area contributed by atoms with E-state index in [-0.39, 0.29) is 0 Å². The zero-order chi connectivity index (χ0) is 14.2. The van der Waals surface area contributed by atoms with E-state index in [1.807, 2.05) is 23.5 Å². The van der Waals surface area contributed by atoms with E-state index in [0.717, 1.165) is 5.75 Å². The van der Waals surface area contributed by atoms with Crippen molar-refractivity contribution in [2.75, 3.05) is 23.5 Å². The Morgan fingerprint density at radius 2 is 1.50 bits per heavy atom. The second kappa shape index (κ2) is 77.9. The number of halogens is 1. The molecule has 0 aliphatic carbocycles. The molecule has 90 valence electrons. The van der Waals surface area contributed by atoms with E-state index in [1.165, 1.54) is 28.7 Å². The monoisotopic (exact) mass is 496 g/mol. The minimum absolute atomic E-state index is 0.862. The molecule has 0 heterocycles. The van der Waals surface area contributed by atoms with E-state index in [1.54, 1.807) is 0 Å². The summed E-state index contributed by atoms with van der Waals surface area (Å²) in [7, 11) is 0. The van der Waals surface area contributed by atoms with Crippen molar-refractivity contribution in [2.24, 2.45) is 0 Å². The summed E-state index contributed by atoms with van der Waals surface area (Å²) in [4.78, 5) is 22.5. The van der Waals surface area contributed by atoms with Gasteiger partial charge in [-0.05, 0) is 6.26 Å². The molecule has 0 fully saturated rings. The standard InChI is InChI=1S/C6H10S2.3CO.BrH.Re/c1-3-4-8-6-5-7-2;3*1-2;;/h1H,4-6H2,2H3;;;;1H;/q;;;;;+1/p-1. The maximum Gasteiger partial charge on any atom is 0.281 e. The summed E-state index contributed by atoms with van der Waals surface area (Å²) in [5, 5.41) is 0.